The molecule has 1 amide bonds. The van der Waals surface area contributed by atoms with Crippen LogP contribution in [0.25, 0.3) is 0 Å². The number of aromatic nitrogens is 2. The molecular formula is C18H23N5O. The third kappa shape index (κ3) is 3.71. The number of likely N-dealkylation sites (N-methyl/N-ethyl adjacent to an activating group) is 1. The number of piperazine rings is 1. The Balaban J connectivity index is 1.72. The van der Waals surface area contributed by atoms with Crippen LogP contribution in [-0.4, -0.2) is 54.0 Å². The smallest absolute Gasteiger partial charge is 0.256 e. The zero-order valence-corrected chi connectivity index (χ0v) is 14.4. The van der Waals surface area contributed by atoms with E-state index in [1.165, 1.54) is 11.9 Å². The van der Waals surface area contributed by atoms with E-state index in [2.05, 4.69) is 32.1 Å². The van der Waals surface area contributed by atoms with Crippen molar-refractivity contribution in [3.8, 4) is 0 Å². The molecule has 6 heteroatoms. The number of hydrogen-bond donors (Lipinski definition) is 1. The summed E-state index contributed by atoms with van der Waals surface area (Å²) in [7, 11) is 2.12. The Kier molecular flexibility index (Phi) is 4.76. The molecule has 0 unspecified atom stereocenters. The van der Waals surface area contributed by atoms with Gasteiger partial charge in [-0.1, -0.05) is 6.07 Å². The van der Waals surface area contributed by atoms with E-state index in [4.69, 9.17) is 0 Å². The van der Waals surface area contributed by atoms with E-state index >= 15 is 0 Å². The molecule has 24 heavy (non-hydrogen) atoms. The summed E-state index contributed by atoms with van der Waals surface area (Å²) in [5.74, 6) is 1.23. The maximum Gasteiger partial charge on any atom is 0.256 e. The Morgan fingerprint density at radius 2 is 1.79 bits per heavy atom. The van der Waals surface area contributed by atoms with Gasteiger partial charge in [0.1, 0.15) is 18.0 Å². The molecule has 3 rings (SSSR count). The first-order chi connectivity index (χ1) is 11.5. The number of amides is 1. The average molecular weight is 325 g/mol. The van der Waals surface area contributed by atoms with Crippen molar-refractivity contribution in [2.75, 3.05) is 43.4 Å². The van der Waals surface area contributed by atoms with E-state index in [-0.39, 0.29) is 5.91 Å². The summed E-state index contributed by atoms with van der Waals surface area (Å²) in [5.41, 5.74) is 2.91. The van der Waals surface area contributed by atoms with E-state index in [1.54, 1.807) is 0 Å². The lowest BCUT2D eigenvalue weighted by Gasteiger charge is -2.33. The van der Waals surface area contributed by atoms with Crippen molar-refractivity contribution in [2.24, 2.45) is 0 Å². The predicted molar refractivity (Wildman–Crippen MR) is 95.6 cm³/mol. The fourth-order valence-corrected chi connectivity index (χ4v) is 2.70. The summed E-state index contributed by atoms with van der Waals surface area (Å²) in [6.07, 6.45) is 1.50. The minimum absolute atomic E-state index is 0.152. The highest BCUT2D eigenvalue weighted by atomic mass is 16.1. The largest absolute Gasteiger partial charge is 0.354 e. The quantitative estimate of drug-likeness (QED) is 0.936. The number of benzene rings is 1. The Labute approximate surface area is 142 Å². The van der Waals surface area contributed by atoms with Crippen LogP contribution < -0.4 is 10.2 Å². The van der Waals surface area contributed by atoms with E-state index in [1.807, 2.05) is 38.1 Å². The molecule has 0 spiro atoms. The second-order valence-electron chi connectivity index (χ2n) is 6.30. The van der Waals surface area contributed by atoms with Crippen LogP contribution in [0, 0.1) is 13.8 Å². The molecule has 0 aliphatic carbocycles. The summed E-state index contributed by atoms with van der Waals surface area (Å²) in [6.45, 7) is 7.91. The van der Waals surface area contributed by atoms with Gasteiger partial charge in [-0.2, -0.15) is 0 Å². The number of anilines is 2. The molecule has 0 atom stereocenters. The number of carbonyl (C=O) groups excluding carboxylic acids is 1. The maximum absolute atomic E-state index is 12.4. The molecule has 0 radical (unpaired) electrons. The lowest BCUT2D eigenvalue weighted by atomic mass is 10.1. The summed E-state index contributed by atoms with van der Waals surface area (Å²) >= 11 is 0. The van der Waals surface area contributed by atoms with Crippen LogP contribution in [0.3, 0.4) is 0 Å². The predicted octanol–water partition coefficient (Wildman–Crippen LogP) is 2.10. The number of hydrogen-bond acceptors (Lipinski definition) is 5. The number of rotatable bonds is 3. The molecular weight excluding hydrogens is 302 g/mol. The molecule has 1 aromatic heterocycles. The van der Waals surface area contributed by atoms with Gasteiger partial charge in [0.05, 0.1) is 0 Å². The van der Waals surface area contributed by atoms with Crippen molar-refractivity contribution in [1.82, 2.24) is 14.9 Å². The van der Waals surface area contributed by atoms with Gasteiger partial charge in [0.15, 0.2) is 0 Å². The highest BCUT2D eigenvalue weighted by Gasteiger charge is 2.16. The fourth-order valence-electron chi connectivity index (χ4n) is 2.70. The van der Waals surface area contributed by atoms with Crippen LogP contribution >= 0.6 is 0 Å². The van der Waals surface area contributed by atoms with Crippen LogP contribution in [0.5, 0.6) is 0 Å². The van der Waals surface area contributed by atoms with Crippen LogP contribution in [0.1, 0.15) is 21.5 Å². The van der Waals surface area contributed by atoms with E-state index in [9.17, 15) is 4.79 Å². The average Bonchev–Trinajstić information content (AvgIpc) is 2.58. The van der Waals surface area contributed by atoms with Crippen molar-refractivity contribution < 1.29 is 4.79 Å². The monoisotopic (exact) mass is 325 g/mol. The first-order valence-corrected chi connectivity index (χ1v) is 8.17. The number of carbonyl (C=O) groups is 1. The zero-order chi connectivity index (χ0) is 17.1. The summed E-state index contributed by atoms with van der Waals surface area (Å²) < 4.78 is 0. The second kappa shape index (κ2) is 6.97. The van der Waals surface area contributed by atoms with Crippen LogP contribution in [0.4, 0.5) is 11.6 Å². The van der Waals surface area contributed by atoms with Gasteiger partial charge in [0, 0.05) is 37.8 Å². The van der Waals surface area contributed by atoms with Crippen LogP contribution in [0.15, 0.2) is 30.6 Å². The van der Waals surface area contributed by atoms with Crippen molar-refractivity contribution in [3.05, 3.63) is 47.3 Å². The normalized spacial score (nSPS) is 15.4. The molecule has 1 N–H and O–H groups in total. The Morgan fingerprint density at radius 3 is 2.50 bits per heavy atom. The number of nitrogens with one attached hydrogen (secondary N) is 1. The number of aryl methyl sites for hydroxylation is 2. The SMILES string of the molecule is Cc1ccc(C(=O)Nc2cc(N3CCN(C)CC3)ncn2)cc1C. The molecule has 1 aliphatic heterocycles. The Morgan fingerprint density at radius 1 is 1.04 bits per heavy atom. The Hall–Kier alpha value is -2.47. The minimum atomic E-state index is -0.152. The first kappa shape index (κ1) is 16.4. The van der Waals surface area contributed by atoms with Gasteiger partial charge in [-0.05, 0) is 44.2 Å². The van der Waals surface area contributed by atoms with E-state index < -0.39 is 0 Å². The number of nitrogens with zero attached hydrogens (tertiary/aromatic N) is 4. The summed E-state index contributed by atoms with van der Waals surface area (Å²) in [6, 6.07) is 7.53. The molecule has 1 aromatic carbocycles. The van der Waals surface area contributed by atoms with Gasteiger partial charge in [0.25, 0.3) is 5.91 Å². The van der Waals surface area contributed by atoms with E-state index in [0.29, 0.717) is 11.4 Å². The molecule has 0 bridgehead atoms. The van der Waals surface area contributed by atoms with Crippen molar-refractivity contribution in [2.45, 2.75) is 13.8 Å². The standard InChI is InChI=1S/C18H23N5O/c1-13-4-5-15(10-14(13)2)18(24)21-16-11-17(20-12-19-16)23-8-6-22(3)7-9-23/h4-5,10-12H,6-9H2,1-3H3,(H,19,20,21,24). The molecule has 1 aliphatic rings. The molecule has 1 saturated heterocycles. The van der Waals surface area contributed by atoms with Crippen molar-refractivity contribution in [3.63, 3.8) is 0 Å². The van der Waals surface area contributed by atoms with Crippen molar-refractivity contribution in [1.29, 1.82) is 0 Å². The topological polar surface area (TPSA) is 61.4 Å². The maximum atomic E-state index is 12.4. The molecule has 6 nitrogen and oxygen atoms in total. The van der Waals surface area contributed by atoms with Gasteiger partial charge in [-0.3, -0.25) is 4.79 Å². The highest BCUT2D eigenvalue weighted by molar-refractivity contribution is 6.04. The highest BCUT2D eigenvalue weighted by Crippen LogP contribution is 2.17. The van der Waals surface area contributed by atoms with Crippen LogP contribution in [-0.2, 0) is 0 Å². The van der Waals surface area contributed by atoms with E-state index in [0.717, 1.165) is 37.6 Å². The molecule has 126 valence electrons. The van der Waals surface area contributed by atoms with Gasteiger partial charge < -0.3 is 15.1 Å². The zero-order valence-electron chi connectivity index (χ0n) is 14.4. The fraction of sp³-hybridized carbons (Fsp3) is 0.389. The third-order valence-corrected chi connectivity index (χ3v) is 4.49. The summed E-state index contributed by atoms with van der Waals surface area (Å²) in [5, 5.41) is 2.87. The lowest BCUT2D eigenvalue weighted by Crippen LogP contribution is -2.44. The van der Waals surface area contributed by atoms with Crippen LogP contribution in [0.2, 0.25) is 0 Å². The summed E-state index contributed by atoms with van der Waals surface area (Å²) in [4.78, 5) is 25.4. The van der Waals surface area contributed by atoms with Gasteiger partial charge >= 0.3 is 0 Å². The van der Waals surface area contributed by atoms with Crippen molar-refractivity contribution >= 4 is 17.5 Å². The Bertz CT molecular complexity index is 738. The van der Waals surface area contributed by atoms with Gasteiger partial charge in [-0.25, -0.2) is 9.97 Å². The van der Waals surface area contributed by atoms with Gasteiger partial charge in [-0.15, -0.1) is 0 Å². The molecule has 2 aromatic rings. The molecule has 2 heterocycles. The second-order valence-corrected chi connectivity index (χ2v) is 6.30. The minimum Gasteiger partial charge on any atom is -0.354 e. The van der Waals surface area contributed by atoms with Gasteiger partial charge in [0.2, 0.25) is 0 Å². The molecule has 0 saturated carbocycles. The lowest BCUT2D eigenvalue weighted by molar-refractivity contribution is 0.102. The third-order valence-electron chi connectivity index (χ3n) is 4.49. The first-order valence-electron chi connectivity index (χ1n) is 8.17. The molecule has 1 fully saturated rings.